The molecule has 0 bridgehead atoms. The number of rotatable bonds is 3. The van der Waals surface area contributed by atoms with Crippen molar-refractivity contribution in [1.29, 1.82) is 0 Å². The predicted octanol–water partition coefficient (Wildman–Crippen LogP) is 4.60. The van der Waals surface area contributed by atoms with Gasteiger partial charge in [0.05, 0.1) is 5.69 Å². The first kappa shape index (κ1) is 21.7. The molecule has 4 amide bonds. The van der Waals surface area contributed by atoms with Crippen LogP contribution in [-0.2, 0) is 9.59 Å². The van der Waals surface area contributed by atoms with Gasteiger partial charge in [0, 0.05) is 17.8 Å². The maximum Gasteiger partial charge on any atom is 0.336 e. The number of hydrogen-bond donors (Lipinski definition) is 1. The zero-order valence-corrected chi connectivity index (χ0v) is 18.6. The molecule has 6 nitrogen and oxygen atoms in total. The standard InChI is InChI=1S/C25H26FN3O3/c1-5-28-20-11-10-16(12-17(20)15(2)14-25(28,3)4)13-18-22(30)27-24(32)29(23(18)31)21-9-7-6-8-19(21)26/h6-13,15H,5,14H2,1-4H3,(H,27,30,32)/b18-13+/t15-/m1/s1. The predicted molar refractivity (Wildman–Crippen MR) is 122 cm³/mol. The Balaban J connectivity index is 1.74. The summed E-state index contributed by atoms with van der Waals surface area (Å²) in [4.78, 5) is 40.8. The Labute approximate surface area is 186 Å². The average molecular weight is 435 g/mol. The number of carbonyl (C=O) groups excluding carboxylic acids is 3. The SMILES string of the molecule is CCN1c2ccc(/C=C3\C(=O)NC(=O)N(c4ccccc4F)C3=O)cc2[C@H](C)CC1(C)C. The number of urea groups is 1. The van der Waals surface area contributed by atoms with Gasteiger partial charge in [-0.25, -0.2) is 14.1 Å². The van der Waals surface area contributed by atoms with Crippen molar-refractivity contribution in [2.75, 3.05) is 16.3 Å². The van der Waals surface area contributed by atoms with Crippen LogP contribution in [0.25, 0.3) is 6.08 Å². The molecule has 1 N–H and O–H groups in total. The Morgan fingerprint density at radius 2 is 1.84 bits per heavy atom. The van der Waals surface area contributed by atoms with Gasteiger partial charge in [0.1, 0.15) is 11.4 Å². The van der Waals surface area contributed by atoms with Crippen LogP contribution < -0.4 is 15.1 Å². The third-order valence-corrected chi connectivity index (χ3v) is 6.23. The highest BCUT2D eigenvalue weighted by atomic mass is 19.1. The summed E-state index contributed by atoms with van der Waals surface area (Å²) in [6.45, 7) is 9.61. The van der Waals surface area contributed by atoms with Crippen molar-refractivity contribution >= 4 is 35.3 Å². The van der Waals surface area contributed by atoms with Crippen LogP contribution in [0.4, 0.5) is 20.6 Å². The number of fused-ring (bicyclic) bond motifs is 1. The van der Waals surface area contributed by atoms with Gasteiger partial charge >= 0.3 is 6.03 Å². The third kappa shape index (κ3) is 3.57. The van der Waals surface area contributed by atoms with E-state index in [0.717, 1.165) is 30.3 Å². The van der Waals surface area contributed by atoms with Crippen molar-refractivity contribution in [3.8, 4) is 0 Å². The smallest absolute Gasteiger partial charge is 0.336 e. The number of amides is 4. The molecule has 0 unspecified atom stereocenters. The van der Waals surface area contributed by atoms with Gasteiger partial charge in [-0.05, 0) is 74.6 Å². The van der Waals surface area contributed by atoms with E-state index in [1.165, 1.54) is 24.3 Å². The van der Waals surface area contributed by atoms with E-state index in [-0.39, 0.29) is 16.8 Å². The molecule has 0 spiro atoms. The van der Waals surface area contributed by atoms with Gasteiger partial charge in [0.15, 0.2) is 0 Å². The molecule has 32 heavy (non-hydrogen) atoms. The minimum atomic E-state index is -0.970. The molecule has 0 aromatic heterocycles. The number of hydrogen-bond acceptors (Lipinski definition) is 4. The molecule has 2 aliphatic rings. The summed E-state index contributed by atoms with van der Waals surface area (Å²) >= 11 is 0. The van der Waals surface area contributed by atoms with E-state index in [4.69, 9.17) is 0 Å². The van der Waals surface area contributed by atoms with Crippen molar-refractivity contribution < 1.29 is 18.8 Å². The molecule has 2 aromatic carbocycles. The van der Waals surface area contributed by atoms with Crippen molar-refractivity contribution in [2.24, 2.45) is 0 Å². The van der Waals surface area contributed by atoms with Crippen LogP contribution in [0, 0.1) is 5.82 Å². The normalized spacial score (nSPS) is 21.6. The second-order valence-corrected chi connectivity index (χ2v) is 8.89. The minimum absolute atomic E-state index is 0.0288. The van der Waals surface area contributed by atoms with E-state index in [9.17, 15) is 18.8 Å². The van der Waals surface area contributed by atoms with Crippen molar-refractivity contribution in [3.05, 3.63) is 65.0 Å². The average Bonchev–Trinajstić information content (AvgIpc) is 2.72. The Hall–Kier alpha value is -3.48. The largest absolute Gasteiger partial charge is 0.366 e. The van der Waals surface area contributed by atoms with Crippen LogP contribution in [0.5, 0.6) is 0 Å². The van der Waals surface area contributed by atoms with Crippen LogP contribution in [0.1, 0.15) is 51.2 Å². The molecule has 4 rings (SSSR count). The van der Waals surface area contributed by atoms with Gasteiger partial charge in [-0.1, -0.05) is 25.1 Å². The molecular formula is C25H26FN3O3. The van der Waals surface area contributed by atoms with Gasteiger partial charge in [-0.3, -0.25) is 14.9 Å². The van der Waals surface area contributed by atoms with Crippen LogP contribution in [0.2, 0.25) is 0 Å². The summed E-state index contributed by atoms with van der Waals surface area (Å²) < 4.78 is 14.3. The number of nitrogens with one attached hydrogen (secondary N) is 1. The first-order chi connectivity index (χ1) is 15.1. The Bertz CT molecular complexity index is 1150. The minimum Gasteiger partial charge on any atom is -0.366 e. The molecule has 0 aliphatic carbocycles. The lowest BCUT2D eigenvalue weighted by atomic mass is 9.79. The topological polar surface area (TPSA) is 69.7 Å². The van der Waals surface area contributed by atoms with E-state index >= 15 is 0 Å². The molecule has 2 heterocycles. The van der Waals surface area contributed by atoms with E-state index in [1.807, 2.05) is 18.2 Å². The van der Waals surface area contributed by atoms with E-state index in [0.29, 0.717) is 16.4 Å². The molecule has 2 aromatic rings. The second-order valence-electron chi connectivity index (χ2n) is 8.89. The first-order valence-electron chi connectivity index (χ1n) is 10.7. The number of anilines is 2. The zero-order chi connectivity index (χ0) is 23.2. The quantitative estimate of drug-likeness (QED) is 0.565. The summed E-state index contributed by atoms with van der Waals surface area (Å²) in [5.74, 6) is -2.08. The number of carbonyl (C=O) groups is 3. The van der Waals surface area contributed by atoms with Gasteiger partial charge in [-0.2, -0.15) is 0 Å². The fourth-order valence-corrected chi connectivity index (χ4v) is 4.87. The maximum absolute atomic E-state index is 14.3. The third-order valence-electron chi connectivity index (χ3n) is 6.23. The molecule has 7 heteroatoms. The molecule has 1 atom stereocenters. The fourth-order valence-electron chi connectivity index (χ4n) is 4.87. The Morgan fingerprint density at radius 3 is 2.53 bits per heavy atom. The summed E-state index contributed by atoms with van der Waals surface area (Å²) in [6, 6.07) is 10.3. The van der Waals surface area contributed by atoms with Gasteiger partial charge in [0.2, 0.25) is 0 Å². The van der Waals surface area contributed by atoms with Gasteiger partial charge in [0.25, 0.3) is 11.8 Å². The van der Waals surface area contributed by atoms with E-state index in [2.05, 4.69) is 37.9 Å². The van der Waals surface area contributed by atoms with Crippen molar-refractivity contribution in [3.63, 3.8) is 0 Å². The lowest BCUT2D eigenvalue weighted by Crippen LogP contribution is -2.54. The monoisotopic (exact) mass is 435 g/mol. The number of halogens is 1. The lowest BCUT2D eigenvalue weighted by Gasteiger charge is -2.47. The number of nitrogens with zero attached hydrogens (tertiary/aromatic N) is 2. The molecule has 166 valence electrons. The fraction of sp³-hybridized carbons (Fsp3) is 0.320. The van der Waals surface area contributed by atoms with Crippen LogP contribution >= 0.6 is 0 Å². The summed E-state index contributed by atoms with van der Waals surface area (Å²) in [6.07, 6.45) is 2.43. The molecule has 0 radical (unpaired) electrons. The highest BCUT2D eigenvalue weighted by Crippen LogP contribution is 2.43. The van der Waals surface area contributed by atoms with Crippen LogP contribution in [-0.4, -0.2) is 29.9 Å². The van der Waals surface area contributed by atoms with E-state index in [1.54, 1.807) is 0 Å². The van der Waals surface area contributed by atoms with Crippen molar-refractivity contribution in [2.45, 2.75) is 45.6 Å². The second kappa shape index (κ2) is 7.89. The summed E-state index contributed by atoms with van der Waals surface area (Å²) in [7, 11) is 0. The number of benzene rings is 2. The number of para-hydroxylation sites is 1. The van der Waals surface area contributed by atoms with Gasteiger partial charge < -0.3 is 4.90 Å². The highest BCUT2D eigenvalue weighted by Gasteiger charge is 2.38. The molecule has 1 saturated heterocycles. The summed E-state index contributed by atoms with van der Waals surface area (Å²) in [5, 5.41) is 2.14. The van der Waals surface area contributed by atoms with Crippen LogP contribution in [0.3, 0.4) is 0 Å². The maximum atomic E-state index is 14.3. The molecule has 0 saturated carbocycles. The lowest BCUT2D eigenvalue weighted by molar-refractivity contribution is -0.122. The van der Waals surface area contributed by atoms with Gasteiger partial charge in [-0.15, -0.1) is 0 Å². The summed E-state index contributed by atoms with van der Waals surface area (Å²) in [5.41, 5.74) is 2.57. The Kier molecular flexibility index (Phi) is 5.36. The molecule has 2 aliphatic heterocycles. The zero-order valence-electron chi connectivity index (χ0n) is 18.6. The van der Waals surface area contributed by atoms with Crippen molar-refractivity contribution in [1.82, 2.24) is 5.32 Å². The Morgan fingerprint density at radius 1 is 1.12 bits per heavy atom. The molecular weight excluding hydrogens is 409 g/mol. The number of barbiturate groups is 1. The molecule has 1 fully saturated rings. The first-order valence-corrected chi connectivity index (χ1v) is 10.7. The number of imide groups is 2. The van der Waals surface area contributed by atoms with Crippen LogP contribution in [0.15, 0.2) is 48.0 Å². The van der Waals surface area contributed by atoms with E-state index < -0.39 is 23.7 Å². The highest BCUT2D eigenvalue weighted by molar-refractivity contribution is 6.39.